The Kier molecular flexibility index (Phi) is 9.25. The van der Waals surface area contributed by atoms with Crippen LogP contribution in [0, 0.1) is 5.92 Å². The lowest BCUT2D eigenvalue weighted by molar-refractivity contribution is 0.157. The van der Waals surface area contributed by atoms with Crippen molar-refractivity contribution in [2.45, 2.75) is 33.1 Å². The predicted molar refractivity (Wildman–Crippen MR) is 110 cm³/mol. The highest BCUT2D eigenvalue weighted by Gasteiger charge is 2.24. The molecule has 152 valence electrons. The third kappa shape index (κ3) is 6.61. The lowest BCUT2D eigenvalue weighted by Gasteiger charge is -2.21. The molecular weight excluding hydrogens is 342 g/mol. The van der Waals surface area contributed by atoms with Crippen LogP contribution in [0.25, 0.3) is 0 Å². The zero-order chi connectivity index (χ0) is 19.5. The molecular formula is C21H35N3O3. The van der Waals surface area contributed by atoms with Gasteiger partial charge >= 0.3 is 0 Å². The SMILES string of the molecule is CCNC(=NCCCc1ccc(OC)c(OCC)c1)N1CCC(COC)C1. The van der Waals surface area contributed by atoms with Gasteiger partial charge < -0.3 is 24.4 Å². The molecule has 0 bridgehead atoms. The third-order valence-corrected chi connectivity index (χ3v) is 4.74. The van der Waals surface area contributed by atoms with Crippen molar-refractivity contribution in [3.05, 3.63) is 23.8 Å². The molecule has 0 radical (unpaired) electrons. The molecule has 2 rings (SSSR count). The Morgan fingerprint density at radius 1 is 1.26 bits per heavy atom. The maximum Gasteiger partial charge on any atom is 0.193 e. The first-order chi connectivity index (χ1) is 13.2. The van der Waals surface area contributed by atoms with Gasteiger partial charge in [-0.1, -0.05) is 6.07 Å². The van der Waals surface area contributed by atoms with Crippen LogP contribution < -0.4 is 14.8 Å². The minimum Gasteiger partial charge on any atom is -0.493 e. The molecule has 0 amide bonds. The van der Waals surface area contributed by atoms with E-state index in [9.17, 15) is 0 Å². The Hall–Kier alpha value is -1.95. The fourth-order valence-electron chi connectivity index (χ4n) is 3.44. The number of likely N-dealkylation sites (tertiary alicyclic amines) is 1. The van der Waals surface area contributed by atoms with E-state index in [0.29, 0.717) is 12.5 Å². The Bertz CT molecular complexity index is 592. The van der Waals surface area contributed by atoms with Crippen LogP contribution in [0.4, 0.5) is 0 Å². The molecule has 6 nitrogen and oxygen atoms in total. The van der Waals surface area contributed by atoms with E-state index in [1.165, 1.54) is 12.0 Å². The van der Waals surface area contributed by atoms with Gasteiger partial charge in [0.25, 0.3) is 0 Å². The molecule has 1 aliphatic heterocycles. The number of nitrogens with zero attached hydrogens (tertiary/aromatic N) is 2. The quantitative estimate of drug-likeness (QED) is 0.386. The molecule has 27 heavy (non-hydrogen) atoms. The molecule has 1 unspecified atom stereocenters. The molecule has 1 N–H and O–H groups in total. The number of benzene rings is 1. The highest BCUT2D eigenvalue weighted by molar-refractivity contribution is 5.80. The van der Waals surface area contributed by atoms with Gasteiger partial charge in [0.2, 0.25) is 0 Å². The Morgan fingerprint density at radius 3 is 2.81 bits per heavy atom. The van der Waals surface area contributed by atoms with Crippen LogP contribution in [0.3, 0.4) is 0 Å². The van der Waals surface area contributed by atoms with Crippen molar-refractivity contribution in [2.75, 3.05) is 53.6 Å². The first kappa shape index (κ1) is 21.4. The zero-order valence-corrected chi connectivity index (χ0v) is 17.3. The van der Waals surface area contributed by atoms with Crippen molar-refractivity contribution in [3.8, 4) is 11.5 Å². The van der Waals surface area contributed by atoms with E-state index < -0.39 is 0 Å². The number of guanidine groups is 1. The van der Waals surface area contributed by atoms with Gasteiger partial charge in [0.15, 0.2) is 17.5 Å². The van der Waals surface area contributed by atoms with Gasteiger partial charge in [-0.05, 0) is 50.8 Å². The van der Waals surface area contributed by atoms with E-state index in [2.05, 4.69) is 29.3 Å². The molecule has 1 fully saturated rings. The summed E-state index contributed by atoms with van der Waals surface area (Å²) in [5.41, 5.74) is 1.25. The minimum absolute atomic E-state index is 0.607. The van der Waals surface area contributed by atoms with E-state index in [0.717, 1.165) is 63.1 Å². The second-order valence-electron chi connectivity index (χ2n) is 6.81. The van der Waals surface area contributed by atoms with Crippen LogP contribution in [-0.4, -0.2) is 64.5 Å². The summed E-state index contributed by atoms with van der Waals surface area (Å²) in [7, 11) is 3.45. The van der Waals surface area contributed by atoms with E-state index in [1.54, 1.807) is 14.2 Å². The van der Waals surface area contributed by atoms with Gasteiger partial charge in [0, 0.05) is 39.2 Å². The second-order valence-corrected chi connectivity index (χ2v) is 6.81. The maximum absolute atomic E-state index is 5.66. The Labute approximate surface area is 163 Å². The molecule has 0 aliphatic carbocycles. The summed E-state index contributed by atoms with van der Waals surface area (Å²) in [6, 6.07) is 6.16. The van der Waals surface area contributed by atoms with Crippen molar-refractivity contribution in [1.29, 1.82) is 0 Å². The number of methoxy groups -OCH3 is 2. The van der Waals surface area contributed by atoms with E-state index >= 15 is 0 Å². The van der Waals surface area contributed by atoms with Gasteiger partial charge in [-0.25, -0.2) is 0 Å². The highest BCUT2D eigenvalue weighted by atomic mass is 16.5. The molecule has 1 aromatic carbocycles. The van der Waals surface area contributed by atoms with Gasteiger partial charge in [0.1, 0.15) is 0 Å². The first-order valence-corrected chi connectivity index (χ1v) is 10.0. The number of hydrogen-bond acceptors (Lipinski definition) is 4. The van der Waals surface area contributed by atoms with Gasteiger partial charge in [-0.3, -0.25) is 4.99 Å². The van der Waals surface area contributed by atoms with E-state index in [4.69, 9.17) is 19.2 Å². The fraction of sp³-hybridized carbons (Fsp3) is 0.667. The molecule has 0 aromatic heterocycles. The number of hydrogen-bond donors (Lipinski definition) is 1. The summed E-state index contributed by atoms with van der Waals surface area (Å²) < 4.78 is 16.3. The Morgan fingerprint density at radius 2 is 2.11 bits per heavy atom. The molecule has 1 heterocycles. The summed E-state index contributed by atoms with van der Waals surface area (Å²) in [6.07, 6.45) is 3.14. The van der Waals surface area contributed by atoms with Crippen molar-refractivity contribution in [2.24, 2.45) is 10.9 Å². The zero-order valence-electron chi connectivity index (χ0n) is 17.3. The lowest BCUT2D eigenvalue weighted by atomic mass is 10.1. The summed E-state index contributed by atoms with van der Waals surface area (Å²) in [6.45, 7) is 9.34. The lowest BCUT2D eigenvalue weighted by Crippen LogP contribution is -2.40. The average molecular weight is 378 g/mol. The number of aryl methyl sites for hydroxylation is 1. The maximum atomic E-state index is 5.66. The van der Waals surface area contributed by atoms with Crippen molar-refractivity contribution < 1.29 is 14.2 Å². The van der Waals surface area contributed by atoms with Crippen molar-refractivity contribution >= 4 is 5.96 Å². The molecule has 0 spiro atoms. The monoisotopic (exact) mass is 377 g/mol. The van der Waals surface area contributed by atoms with Crippen LogP contribution in [0.5, 0.6) is 11.5 Å². The first-order valence-electron chi connectivity index (χ1n) is 10.0. The summed E-state index contributed by atoms with van der Waals surface area (Å²) >= 11 is 0. The minimum atomic E-state index is 0.607. The average Bonchev–Trinajstić information content (AvgIpc) is 3.13. The number of ether oxygens (including phenoxy) is 3. The van der Waals surface area contributed by atoms with E-state index in [1.807, 2.05) is 13.0 Å². The Balaban J connectivity index is 1.88. The van der Waals surface area contributed by atoms with Crippen LogP contribution >= 0.6 is 0 Å². The summed E-state index contributed by atoms with van der Waals surface area (Å²) in [5.74, 6) is 3.24. The standard InChI is InChI=1S/C21H35N3O3/c1-5-22-21(24-13-11-18(15-24)16-25-3)23-12-7-8-17-9-10-19(26-4)20(14-17)27-6-2/h9-10,14,18H,5-8,11-13,15-16H2,1-4H3,(H,22,23). The van der Waals surface area contributed by atoms with Crippen LogP contribution in [0.2, 0.25) is 0 Å². The van der Waals surface area contributed by atoms with Gasteiger partial charge in [0.05, 0.1) is 20.3 Å². The number of aliphatic imine (C=N–C) groups is 1. The third-order valence-electron chi connectivity index (χ3n) is 4.74. The number of rotatable bonds is 10. The molecule has 0 saturated carbocycles. The number of nitrogens with one attached hydrogen (secondary N) is 1. The topological polar surface area (TPSA) is 55.3 Å². The van der Waals surface area contributed by atoms with Crippen molar-refractivity contribution in [1.82, 2.24) is 10.2 Å². The van der Waals surface area contributed by atoms with Crippen LogP contribution in [0.1, 0.15) is 32.3 Å². The van der Waals surface area contributed by atoms with Gasteiger partial charge in [-0.2, -0.15) is 0 Å². The summed E-state index contributed by atoms with van der Waals surface area (Å²) in [5, 5.41) is 3.43. The molecule has 1 aliphatic rings. The summed E-state index contributed by atoms with van der Waals surface area (Å²) in [4.78, 5) is 7.19. The molecule has 1 aromatic rings. The second kappa shape index (κ2) is 11.7. The molecule has 6 heteroatoms. The normalized spacial score (nSPS) is 17.3. The van der Waals surface area contributed by atoms with Crippen molar-refractivity contribution in [3.63, 3.8) is 0 Å². The fourth-order valence-corrected chi connectivity index (χ4v) is 3.44. The van der Waals surface area contributed by atoms with Gasteiger partial charge in [-0.15, -0.1) is 0 Å². The molecule has 1 saturated heterocycles. The van der Waals surface area contributed by atoms with E-state index in [-0.39, 0.29) is 0 Å². The highest BCUT2D eigenvalue weighted by Crippen LogP contribution is 2.28. The molecule has 1 atom stereocenters. The predicted octanol–water partition coefficient (Wildman–Crippen LogP) is 2.96. The smallest absolute Gasteiger partial charge is 0.193 e. The van der Waals surface area contributed by atoms with Crippen LogP contribution in [0.15, 0.2) is 23.2 Å². The van der Waals surface area contributed by atoms with Crippen LogP contribution in [-0.2, 0) is 11.2 Å². The largest absolute Gasteiger partial charge is 0.493 e.